The van der Waals surface area contributed by atoms with Gasteiger partial charge in [0.05, 0.1) is 17.4 Å². The molecule has 0 atom stereocenters. The first-order valence-corrected chi connectivity index (χ1v) is 9.84. The summed E-state index contributed by atoms with van der Waals surface area (Å²) in [6.45, 7) is 6.77. The second-order valence-corrected chi connectivity index (χ2v) is 7.89. The number of fused-ring (bicyclic) bond motifs is 1. The van der Waals surface area contributed by atoms with Gasteiger partial charge in [0.1, 0.15) is 5.82 Å². The Labute approximate surface area is 170 Å². The van der Waals surface area contributed by atoms with Crippen LogP contribution < -0.4 is 10.1 Å². The predicted octanol–water partition coefficient (Wildman–Crippen LogP) is 5.13. The van der Waals surface area contributed by atoms with Gasteiger partial charge in [0.25, 0.3) is 0 Å². The fourth-order valence-electron chi connectivity index (χ4n) is 3.11. The van der Waals surface area contributed by atoms with Crippen molar-refractivity contribution in [2.45, 2.75) is 26.8 Å². The lowest BCUT2D eigenvalue weighted by molar-refractivity contribution is 0.405. The zero-order valence-electron chi connectivity index (χ0n) is 17.4. The van der Waals surface area contributed by atoms with Gasteiger partial charge in [-0.25, -0.2) is 8.78 Å². The molecule has 5 nitrogen and oxygen atoms in total. The lowest BCUT2D eigenvalue weighted by atomic mass is 10.2. The highest BCUT2D eigenvalue weighted by atomic mass is 19.1. The number of hydrogen-bond acceptors (Lipinski definition) is 4. The molecule has 156 valence electrons. The molecule has 0 aliphatic carbocycles. The average molecular weight is 402 g/mol. The van der Waals surface area contributed by atoms with E-state index in [0.29, 0.717) is 11.7 Å². The topological polar surface area (TPSA) is 42.3 Å². The fraction of sp³-hybridized carbons (Fsp3) is 0.409. The zero-order valence-corrected chi connectivity index (χ0v) is 17.4. The third-order valence-corrected chi connectivity index (χ3v) is 4.49. The lowest BCUT2D eigenvalue weighted by Crippen LogP contribution is -2.16. The van der Waals surface area contributed by atoms with Gasteiger partial charge in [0.15, 0.2) is 17.3 Å². The van der Waals surface area contributed by atoms with Gasteiger partial charge in [-0.05, 0) is 57.2 Å². The van der Waals surface area contributed by atoms with Gasteiger partial charge in [-0.15, -0.1) is 0 Å². The molecule has 29 heavy (non-hydrogen) atoms. The molecule has 7 heteroatoms. The van der Waals surface area contributed by atoms with Crippen LogP contribution in [0, 0.1) is 17.6 Å². The summed E-state index contributed by atoms with van der Waals surface area (Å²) in [7, 11) is 4.06. The van der Waals surface area contributed by atoms with Crippen LogP contribution in [0.3, 0.4) is 0 Å². The van der Waals surface area contributed by atoms with E-state index in [0.717, 1.165) is 48.7 Å². The Morgan fingerprint density at radius 1 is 1.14 bits per heavy atom. The van der Waals surface area contributed by atoms with Crippen LogP contribution in [-0.2, 0) is 6.54 Å². The number of rotatable bonds is 9. The van der Waals surface area contributed by atoms with Crippen LogP contribution >= 0.6 is 0 Å². The number of aromatic nitrogens is 2. The van der Waals surface area contributed by atoms with Crippen LogP contribution in [0.5, 0.6) is 11.5 Å². The smallest absolute Gasteiger partial charge is 0.168 e. The van der Waals surface area contributed by atoms with Crippen molar-refractivity contribution in [1.82, 2.24) is 14.7 Å². The first kappa shape index (κ1) is 21.0. The highest BCUT2D eigenvalue weighted by molar-refractivity contribution is 5.86. The van der Waals surface area contributed by atoms with Crippen molar-refractivity contribution in [3.05, 3.63) is 48.2 Å². The number of ether oxygens (including phenoxy) is 1. The molecule has 0 amide bonds. The van der Waals surface area contributed by atoms with E-state index in [2.05, 4.69) is 29.2 Å². The Morgan fingerprint density at radius 3 is 2.62 bits per heavy atom. The van der Waals surface area contributed by atoms with Crippen molar-refractivity contribution >= 4 is 16.6 Å². The molecule has 0 aliphatic rings. The highest BCUT2D eigenvalue weighted by Gasteiger charge is 2.14. The van der Waals surface area contributed by atoms with Gasteiger partial charge >= 0.3 is 0 Å². The summed E-state index contributed by atoms with van der Waals surface area (Å²) < 4.78 is 35.1. The molecule has 0 aliphatic heterocycles. The predicted molar refractivity (Wildman–Crippen MR) is 113 cm³/mol. The number of nitrogens with one attached hydrogen (secondary N) is 1. The van der Waals surface area contributed by atoms with Gasteiger partial charge in [-0.1, -0.05) is 13.8 Å². The lowest BCUT2D eigenvalue weighted by Gasteiger charge is -2.16. The van der Waals surface area contributed by atoms with Crippen LogP contribution in [-0.4, -0.2) is 41.9 Å². The first-order valence-electron chi connectivity index (χ1n) is 9.84. The minimum Gasteiger partial charge on any atom is -0.452 e. The van der Waals surface area contributed by atoms with Crippen molar-refractivity contribution in [3.63, 3.8) is 0 Å². The molecule has 1 N–H and O–H groups in total. The Morgan fingerprint density at radius 2 is 1.93 bits per heavy atom. The molecular formula is C22H28F2N4O. The van der Waals surface area contributed by atoms with Crippen molar-refractivity contribution in [3.8, 4) is 11.5 Å². The van der Waals surface area contributed by atoms with Crippen molar-refractivity contribution < 1.29 is 13.5 Å². The number of benzene rings is 2. The molecule has 3 aromatic rings. The summed E-state index contributed by atoms with van der Waals surface area (Å²) >= 11 is 0. The number of hydrogen-bond donors (Lipinski definition) is 1. The SMILES string of the molecule is CC(C)Cn1ncc2cc(Oc3ccc(F)cc3F)c(NCCCN(C)C)cc21. The van der Waals surface area contributed by atoms with E-state index in [1.54, 1.807) is 6.20 Å². The quantitative estimate of drug-likeness (QED) is 0.504. The number of nitrogens with zero attached hydrogens (tertiary/aromatic N) is 3. The maximum atomic E-state index is 14.1. The third kappa shape index (κ3) is 5.44. The summed E-state index contributed by atoms with van der Waals surface area (Å²) in [4.78, 5) is 2.12. The van der Waals surface area contributed by atoms with Gasteiger partial charge in [0.2, 0.25) is 0 Å². The second kappa shape index (κ2) is 9.22. The standard InChI is InChI=1S/C22H28F2N4O/c1-15(2)14-28-20-12-19(25-8-5-9-27(3)4)22(10-16(20)13-26-28)29-21-7-6-17(23)11-18(21)24/h6-7,10-13,15,25H,5,8-9,14H2,1-4H3. The van der Waals surface area contributed by atoms with Gasteiger partial charge < -0.3 is 15.0 Å². The molecule has 0 saturated carbocycles. The summed E-state index contributed by atoms with van der Waals surface area (Å²) in [6, 6.07) is 7.13. The Bertz CT molecular complexity index is 969. The Kier molecular flexibility index (Phi) is 6.69. The third-order valence-electron chi connectivity index (χ3n) is 4.49. The Hall–Kier alpha value is -2.67. The maximum absolute atomic E-state index is 14.1. The van der Waals surface area contributed by atoms with Crippen LogP contribution in [0.4, 0.5) is 14.5 Å². The molecule has 0 spiro atoms. The normalized spacial score (nSPS) is 11.6. The number of halogens is 2. The van der Waals surface area contributed by atoms with E-state index in [9.17, 15) is 8.78 Å². The first-order chi connectivity index (χ1) is 13.8. The monoisotopic (exact) mass is 402 g/mol. The summed E-state index contributed by atoms with van der Waals surface area (Å²) in [5.74, 6) is -0.450. The molecule has 1 heterocycles. The van der Waals surface area contributed by atoms with E-state index in [-0.39, 0.29) is 5.75 Å². The maximum Gasteiger partial charge on any atom is 0.168 e. The van der Waals surface area contributed by atoms with Gasteiger partial charge in [-0.2, -0.15) is 5.10 Å². The largest absolute Gasteiger partial charge is 0.452 e. The molecule has 0 saturated heterocycles. The van der Waals surface area contributed by atoms with Gasteiger partial charge in [-0.3, -0.25) is 4.68 Å². The molecule has 3 rings (SSSR count). The molecule has 0 bridgehead atoms. The molecule has 2 aromatic carbocycles. The van der Waals surface area contributed by atoms with Crippen LogP contribution in [0.2, 0.25) is 0 Å². The van der Waals surface area contributed by atoms with E-state index in [4.69, 9.17) is 4.74 Å². The summed E-state index contributed by atoms with van der Waals surface area (Å²) in [5.41, 5.74) is 1.74. The molecule has 0 unspecified atom stereocenters. The molecule has 1 aromatic heterocycles. The van der Waals surface area contributed by atoms with E-state index in [1.807, 2.05) is 30.9 Å². The minimum absolute atomic E-state index is 0.0170. The van der Waals surface area contributed by atoms with Crippen molar-refractivity contribution in [2.75, 3.05) is 32.5 Å². The summed E-state index contributed by atoms with van der Waals surface area (Å²) in [5, 5.41) is 8.77. The minimum atomic E-state index is -0.737. The van der Waals surface area contributed by atoms with Crippen LogP contribution in [0.1, 0.15) is 20.3 Å². The van der Waals surface area contributed by atoms with E-state index in [1.165, 1.54) is 12.1 Å². The zero-order chi connectivity index (χ0) is 21.0. The van der Waals surface area contributed by atoms with E-state index < -0.39 is 11.6 Å². The highest BCUT2D eigenvalue weighted by Crippen LogP contribution is 2.35. The van der Waals surface area contributed by atoms with Crippen LogP contribution in [0.25, 0.3) is 10.9 Å². The molecule has 0 fully saturated rings. The average Bonchev–Trinajstić information content (AvgIpc) is 3.02. The summed E-state index contributed by atoms with van der Waals surface area (Å²) in [6.07, 6.45) is 2.72. The second-order valence-electron chi connectivity index (χ2n) is 7.89. The molecular weight excluding hydrogens is 374 g/mol. The van der Waals surface area contributed by atoms with E-state index >= 15 is 0 Å². The Balaban J connectivity index is 1.93. The van der Waals surface area contributed by atoms with Gasteiger partial charge in [0, 0.05) is 24.5 Å². The van der Waals surface area contributed by atoms with Crippen molar-refractivity contribution in [2.24, 2.45) is 5.92 Å². The van der Waals surface area contributed by atoms with Crippen LogP contribution in [0.15, 0.2) is 36.5 Å². The van der Waals surface area contributed by atoms with Crippen molar-refractivity contribution in [1.29, 1.82) is 0 Å². The fourth-order valence-corrected chi connectivity index (χ4v) is 3.11. The molecule has 0 radical (unpaired) electrons. The number of anilines is 1.